The fourth-order valence-corrected chi connectivity index (χ4v) is 2.86. The predicted molar refractivity (Wildman–Crippen MR) is 80.4 cm³/mol. The van der Waals surface area contributed by atoms with Crippen LogP contribution < -0.4 is 4.90 Å². The smallest absolute Gasteiger partial charge is 0.128 e. The monoisotopic (exact) mass is 298 g/mol. The van der Waals surface area contributed by atoms with Gasteiger partial charge in [0.25, 0.3) is 0 Å². The van der Waals surface area contributed by atoms with Crippen molar-refractivity contribution < 1.29 is 4.74 Å². The Morgan fingerprint density at radius 2 is 2.18 bits per heavy atom. The van der Waals surface area contributed by atoms with Gasteiger partial charge in [-0.05, 0) is 19.1 Å². The summed E-state index contributed by atoms with van der Waals surface area (Å²) in [5, 5.41) is 17.2. The van der Waals surface area contributed by atoms with Crippen molar-refractivity contribution in [2.45, 2.75) is 18.9 Å². The molecule has 0 N–H and O–H groups in total. The lowest BCUT2D eigenvalue weighted by Crippen LogP contribution is -2.23. The molecule has 3 rings (SSSR count). The standard InChI is InChI=1S/C15H18N6O/c1-10-11(6-16)4-5-15(17-10)21-7-12(14(9-21)22-3)13-8-20(2)19-18-13/h4-5,8,12,14H,7,9H2,1-3H3/t12-,14+/m0/s1. The largest absolute Gasteiger partial charge is 0.379 e. The van der Waals surface area contributed by atoms with Crippen LogP contribution in [-0.4, -0.2) is 46.3 Å². The molecule has 0 radical (unpaired) electrons. The first-order valence-corrected chi connectivity index (χ1v) is 7.14. The summed E-state index contributed by atoms with van der Waals surface area (Å²) in [7, 11) is 3.57. The SMILES string of the molecule is CO[C@@H]1CN(c2ccc(C#N)c(C)n2)C[C@H]1c1cn(C)nn1. The normalized spacial score (nSPS) is 21.1. The van der Waals surface area contributed by atoms with Crippen LogP contribution in [0.2, 0.25) is 0 Å². The lowest BCUT2D eigenvalue weighted by molar-refractivity contribution is 0.105. The highest BCUT2D eigenvalue weighted by atomic mass is 16.5. The minimum Gasteiger partial charge on any atom is -0.379 e. The third kappa shape index (κ3) is 2.53. The Bertz CT molecular complexity index is 719. The average Bonchev–Trinajstić information content (AvgIpc) is 3.12. The van der Waals surface area contributed by atoms with E-state index in [0.717, 1.165) is 30.3 Å². The molecule has 2 atom stereocenters. The Balaban J connectivity index is 1.85. The number of hydrogen-bond acceptors (Lipinski definition) is 6. The lowest BCUT2D eigenvalue weighted by Gasteiger charge is -2.17. The van der Waals surface area contributed by atoms with Crippen molar-refractivity contribution in [3.63, 3.8) is 0 Å². The zero-order valence-electron chi connectivity index (χ0n) is 12.9. The number of nitriles is 1. The van der Waals surface area contributed by atoms with E-state index >= 15 is 0 Å². The number of ether oxygens (including phenoxy) is 1. The Hall–Kier alpha value is -2.46. The molecule has 1 aliphatic rings. The maximum Gasteiger partial charge on any atom is 0.128 e. The van der Waals surface area contributed by atoms with Crippen molar-refractivity contribution in [1.29, 1.82) is 5.26 Å². The van der Waals surface area contributed by atoms with Gasteiger partial charge in [-0.3, -0.25) is 4.68 Å². The van der Waals surface area contributed by atoms with E-state index in [9.17, 15) is 0 Å². The van der Waals surface area contributed by atoms with Gasteiger partial charge < -0.3 is 9.64 Å². The summed E-state index contributed by atoms with van der Waals surface area (Å²) in [6, 6.07) is 5.84. The van der Waals surface area contributed by atoms with Gasteiger partial charge in [0.05, 0.1) is 29.0 Å². The van der Waals surface area contributed by atoms with Crippen molar-refractivity contribution in [3.8, 4) is 6.07 Å². The van der Waals surface area contributed by atoms with Crippen molar-refractivity contribution >= 4 is 5.82 Å². The number of aryl methyl sites for hydroxylation is 2. The molecule has 1 fully saturated rings. The van der Waals surface area contributed by atoms with Crippen LogP contribution in [-0.2, 0) is 11.8 Å². The molecular weight excluding hydrogens is 280 g/mol. The van der Waals surface area contributed by atoms with E-state index < -0.39 is 0 Å². The van der Waals surface area contributed by atoms with E-state index in [4.69, 9.17) is 10.00 Å². The van der Waals surface area contributed by atoms with E-state index in [1.165, 1.54) is 0 Å². The van der Waals surface area contributed by atoms with Gasteiger partial charge in [-0.15, -0.1) is 5.10 Å². The minimum absolute atomic E-state index is 0.0504. The number of nitrogens with zero attached hydrogens (tertiary/aromatic N) is 6. The molecule has 3 heterocycles. The quantitative estimate of drug-likeness (QED) is 0.841. The highest BCUT2D eigenvalue weighted by molar-refractivity contribution is 5.47. The zero-order chi connectivity index (χ0) is 15.7. The summed E-state index contributed by atoms with van der Waals surface area (Å²) in [6.07, 6.45) is 1.98. The first kappa shape index (κ1) is 14.5. The van der Waals surface area contributed by atoms with Crippen LogP contribution in [0, 0.1) is 18.3 Å². The molecule has 0 unspecified atom stereocenters. The fourth-order valence-electron chi connectivity index (χ4n) is 2.86. The predicted octanol–water partition coefficient (Wildman–Crippen LogP) is 1.01. The highest BCUT2D eigenvalue weighted by Gasteiger charge is 2.36. The van der Waals surface area contributed by atoms with Crippen LogP contribution >= 0.6 is 0 Å². The summed E-state index contributed by atoms with van der Waals surface area (Å²) in [5.41, 5.74) is 2.29. The van der Waals surface area contributed by atoms with Crippen molar-refractivity contribution in [2.24, 2.45) is 7.05 Å². The van der Waals surface area contributed by atoms with Crippen LogP contribution in [0.1, 0.15) is 22.9 Å². The number of hydrogen-bond donors (Lipinski definition) is 0. The topological polar surface area (TPSA) is 79.9 Å². The number of rotatable bonds is 3. The molecule has 1 aliphatic heterocycles. The third-order valence-electron chi connectivity index (χ3n) is 4.08. The van der Waals surface area contributed by atoms with Gasteiger partial charge in [0, 0.05) is 33.4 Å². The second-order valence-corrected chi connectivity index (χ2v) is 5.52. The zero-order valence-corrected chi connectivity index (χ0v) is 12.9. The molecule has 0 bridgehead atoms. The molecule has 2 aromatic heterocycles. The van der Waals surface area contributed by atoms with Crippen LogP contribution in [0.15, 0.2) is 18.3 Å². The van der Waals surface area contributed by atoms with Gasteiger partial charge in [-0.25, -0.2) is 4.98 Å². The van der Waals surface area contributed by atoms with Crippen LogP contribution in [0.5, 0.6) is 0 Å². The van der Waals surface area contributed by atoms with E-state index in [1.807, 2.05) is 32.3 Å². The Morgan fingerprint density at radius 1 is 1.36 bits per heavy atom. The van der Waals surface area contributed by atoms with Gasteiger partial charge in [-0.2, -0.15) is 5.26 Å². The number of aromatic nitrogens is 4. The van der Waals surface area contributed by atoms with E-state index in [-0.39, 0.29) is 12.0 Å². The van der Waals surface area contributed by atoms with Gasteiger partial charge in [0.15, 0.2) is 0 Å². The maximum absolute atomic E-state index is 9.01. The number of pyridine rings is 1. The summed E-state index contributed by atoms with van der Waals surface area (Å²) in [5.74, 6) is 1.03. The molecule has 1 saturated heterocycles. The summed E-state index contributed by atoms with van der Waals surface area (Å²) in [6.45, 7) is 3.37. The first-order chi connectivity index (χ1) is 10.6. The second kappa shape index (κ2) is 5.73. The number of anilines is 1. The summed E-state index contributed by atoms with van der Waals surface area (Å²) < 4.78 is 7.32. The van der Waals surface area contributed by atoms with Crippen molar-refractivity contribution in [2.75, 3.05) is 25.1 Å². The third-order valence-corrected chi connectivity index (χ3v) is 4.08. The Kier molecular flexibility index (Phi) is 3.77. The van der Waals surface area contributed by atoms with E-state index in [2.05, 4.69) is 26.3 Å². The molecule has 0 amide bonds. The maximum atomic E-state index is 9.01. The lowest BCUT2D eigenvalue weighted by atomic mass is 10.0. The molecule has 7 nitrogen and oxygen atoms in total. The first-order valence-electron chi connectivity index (χ1n) is 7.14. The van der Waals surface area contributed by atoms with Gasteiger partial charge in [-0.1, -0.05) is 5.21 Å². The summed E-state index contributed by atoms with van der Waals surface area (Å²) >= 11 is 0. The van der Waals surface area contributed by atoms with Gasteiger partial charge in [0.2, 0.25) is 0 Å². The Labute approximate surface area is 129 Å². The van der Waals surface area contributed by atoms with Crippen molar-refractivity contribution in [3.05, 3.63) is 35.3 Å². The minimum atomic E-state index is 0.0504. The molecule has 2 aromatic rings. The van der Waals surface area contributed by atoms with E-state index in [1.54, 1.807) is 11.8 Å². The van der Waals surface area contributed by atoms with Crippen molar-refractivity contribution in [1.82, 2.24) is 20.0 Å². The Morgan fingerprint density at radius 3 is 2.77 bits per heavy atom. The highest BCUT2D eigenvalue weighted by Crippen LogP contribution is 2.31. The van der Waals surface area contributed by atoms with Crippen LogP contribution in [0.3, 0.4) is 0 Å². The van der Waals surface area contributed by atoms with Crippen LogP contribution in [0.4, 0.5) is 5.82 Å². The molecule has 0 spiro atoms. The van der Waals surface area contributed by atoms with Gasteiger partial charge >= 0.3 is 0 Å². The molecule has 0 saturated carbocycles. The second-order valence-electron chi connectivity index (χ2n) is 5.52. The molecular formula is C15H18N6O. The average molecular weight is 298 g/mol. The molecule has 22 heavy (non-hydrogen) atoms. The fraction of sp³-hybridized carbons (Fsp3) is 0.467. The molecule has 7 heteroatoms. The van der Waals surface area contributed by atoms with Crippen LogP contribution in [0.25, 0.3) is 0 Å². The molecule has 0 aromatic carbocycles. The molecule has 0 aliphatic carbocycles. The number of methoxy groups -OCH3 is 1. The molecule has 114 valence electrons. The van der Waals surface area contributed by atoms with E-state index in [0.29, 0.717) is 5.56 Å². The van der Waals surface area contributed by atoms with Gasteiger partial charge in [0.1, 0.15) is 11.9 Å². The summed E-state index contributed by atoms with van der Waals surface area (Å²) in [4.78, 5) is 6.70.